The molecule has 0 fully saturated rings. The van der Waals surface area contributed by atoms with Crippen LogP contribution in [0.5, 0.6) is 0 Å². The number of rotatable bonds is 3. The van der Waals surface area contributed by atoms with Gasteiger partial charge in [0.2, 0.25) is 11.8 Å². The minimum Gasteiger partial charge on any atom is -0.370 e. The van der Waals surface area contributed by atoms with E-state index in [1.54, 1.807) is 16.7 Å². The average Bonchev–Trinajstić information content (AvgIpc) is 2.36. The highest BCUT2D eigenvalue weighted by molar-refractivity contribution is 7.99. The van der Waals surface area contributed by atoms with E-state index in [2.05, 4.69) is 0 Å². The second kappa shape index (κ2) is 5.41. The summed E-state index contributed by atoms with van der Waals surface area (Å²) < 4.78 is 0. The van der Waals surface area contributed by atoms with Gasteiger partial charge < -0.3 is 16.4 Å². The molecular formula is C12H15N3O2S. The Morgan fingerprint density at radius 2 is 2.11 bits per heavy atom. The Bertz CT molecular complexity index is 478. The molecule has 6 heteroatoms. The standard InChI is InChI=1S/C12H15N3O2S/c13-8(7-11(14)16)12(17)15-5-6-18-10-4-2-1-3-9(10)15/h1-4,8H,5-7,13H2,(H2,14,16). The number of para-hydroxylation sites is 1. The fourth-order valence-corrected chi connectivity index (χ4v) is 2.90. The van der Waals surface area contributed by atoms with Crippen molar-refractivity contribution in [3.63, 3.8) is 0 Å². The molecule has 4 N–H and O–H groups in total. The van der Waals surface area contributed by atoms with Crippen LogP contribution in [-0.4, -0.2) is 30.2 Å². The van der Waals surface area contributed by atoms with E-state index in [9.17, 15) is 9.59 Å². The predicted octanol–water partition coefficient (Wildman–Crippen LogP) is 0.328. The van der Waals surface area contributed by atoms with Gasteiger partial charge in [-0.25, -0.2) is 0 Å². The Morgan fingerprint density at radius 1 is 1.39 bits per heavy atom. The van der Waals surface area contributed by atoms with Crippen LogP contribution in [0.15, 0.2) is 29.2 Å². The van der Waals surface area contributed by atoms with E-state index in [0.717, 1.165) is 16.3 Å². The Hall–Kier alpha value is -1.53. The summed E-state index contributed by atoms with van der Waals surface area (Å²) in [7, 11) is 0. The molecule has 1 heterocycles. The maximum absolute atomic E-state index is 12.2. The lowest BCUT2D eigenvalue weighted by atomic mass is 10.1. The molecule has 0 radical (unpaired) electrons. The Kier molecular flexibility index (Phi) is 3.88. The third-order valence-corrected chi connectivity index (χ3v) is 3.78. The van der Waals surface area contributed by atoms with Gasteiger partial charge in [-0.1, -0.05) is 12.1 Å². The lowest BCUT2D eigenvalue weighted by Crippen LogP contribution is -2.47. The van der Waals surface area contributed by atoms with Crippen LogP contribution in [0.4, 0.5) is 5.69 Å². The van der Waals surface area contributed by atoms with Crippen LogP contribution < -0.4 is 16.4 Å². The van der Waals surface area contributed by atoms with E-state index in [1.807, 2.05) is 24.3 Å². The van der Waals surface area contributed by atoms with Crippen LogP contribution in [0.3, 0.4) is 0 Å². The second-order valence-corrected chi connectivity index (χ2v) is 5.22. The molecule has 1 unspecified atom stereocenters. The van der Waals surface area contributed by atoms with Gasteiger partial charge in [0.05, 0.1) is 18.2 Å². The van der Waals surface area contributed by atoms with E-state index in [0.29, 0.717) is 6.54 Å². The minimum atomic E-state index is -0.862. The van der Waals surface area contributed by atoms with E-state index in [1.165, 1.54) is 0 Å². The van der Waals surface area contributed by atoms with Crippen molar-refractivity contribution in [2.75, 3.05) is 17.2 Å². The maximum Gasteiger partial charge on any atom is 0.244 e. The SMILES string of the molecule is NC(=O)CC(N)C(=O)N1CCSc2ccccc21. The smallest absolute Gasteiger partial charge is 0.244 e. The molecule has 1 aliphatic heterocycles. The third kappa shape index (κ3) is 2.65. The zero-order chi connectivity index (χ0) is 13.1. The van der Waals surface area contributed by atoms with Crippen LogP contribution in [0.2, 0.25) is 0 Å². The number of fused-ring (bicyclic) bond motifs is 1. The quantitative estimate of drug-likeness (QED) is 0.824. The summed E-state index contributed by atoms with van der Waals surface area (Å²) in [5, 5.41) is 0. The topological polar surface area (TPSA) is 89.4 Å². The third-order valence-electron chi connectivity index (χ3n) is 2.73. The van der Waals surface area contributed by atoms with Gasteiger partial charge in [0.15, 0.2) is 0 Å². The van der Waals surface area contributed by atoms with Crippen LogP contribution in [-0.2, 0) is 9.59 Å². The van der Waals surface area contributed by atoms with Gasteiger partial charge in [-0.2, -0.15) is 0 Å². The molecule has 0 saturated carbocycles. The molecule has 0 aliphatic carbocycles. The van der Waals surface area contributed by atoms with Crippen molar-refractivity contribution in [1.82, 2.24) is 0 Å². The number of amides is 2. The number of benzene rings is 1. The molecule has 5 nitrogen and oxygen atoms in total. The highest BCUT2D eigenvalue weighted by atomic mass is 32.2. The summed E-state index contributed by atoms with van der Waals surface area (Å²) >= 11 is 1.71. The molecular weight excluding hydrogens is 250 g/mol. The van der Waals surface area contributed by atoms with Crippen molar-refractivity contribution in [2.24, 2.45) is 11.5 Å². The van der Waals surface area contributed by atoms with Crippen LogP contribution >= 0.6 is 11.8 Å². The summed E-state index contributed by atoms with van der Waals surface area (Å²) in [4.78, 5) is 25.7. The molecule has 18 heavy (non-hydrogen) atoms. The number of hydrogen-bond acceptors (Lipinski definition) is 4. The minimum absolute atomic E-state index is 0.120. The van der Waals surface area contributed by atoms with Crippen molar-refractivity contribution < 1.29 is 9.59 Å². The lowest BCUT2D eigenvalue weighted by Gasteiger charge is -2.30. The van der Waals surface area contributed by atoms with Crippen molar-refractivity contribution in [2.45, 2.75) is 17.4 Å². The first-order valence-corrected chi connectivity index (χ1v) is 6.65. The van der Waals surface area contributed by atoms with Gasteiger partial charge in [0.25, 0.3) is 0 Å². The number of nitrogens with zero attached hydrogens (tertiary/aromatic N) is 1. The molecule has 1 aromatic carbocycles. The van der Waals surface area contributed by atoms with Gasteiger partial charge in [0.1, 0.15) is 0 Å². The van der Waals surface area contributed by atoms with Gasteiger partial charge >= 0.3 is 0 Å². The van der Waals surface area contributed by atoms with Crippen molar-refractivity contribution >= 4 is 29.3 Å². The average molecular weight is 265 g/mol. The van der Waals surface area contributed by atoms with Crippen LogP contribution in [0, 0.1) is 0 Å². The molecule has 1 atom stereocenters. The lowest BCUT2D eigenvalue weighted by molar-refractivity contribution is -0.124. The van der Waals surface area contributed by atoms with Crippen molar-refractivity contribution in [3.05, 3.63) is 24.3 Å². The molecule has 1 aromatic rings. The maximum atomic E-state index is 12.2. The van der Waals surface area contributed by atoms with Gasteiger partial charge in [0, 0.05) is 17.2 Å². The van der Waals surface area contributed by atoms with Crippen LogP contribution in [0.1, 0.15) is 6.42 Å². The number of primary amides is 1. The Balaban J connectivity index is 2.20. The van der Waals surface area contributed by atoms with Crippen LogP contribution in [0.25, 0.3) is 0 Å². The summed E-state index contributed by atoms with van der Waals surface area (Å²) in [6.45, 7) is 0.604. The molecule has 1 aliphatic rings. The van der Waals surface area contributed by atoms with E-state index in [-0.39, 0.29) is 12.3 Å². The summed E-state index contributed by atoms with van der Waals surface area (Å²) in [5.41, 5.74) is 11.6. The van der Waals surface area contributed by atoms with E-state index >= 15 is 0 Å². The summed E-state index contributed by atoms with van der Waals surface area (Å²) in [6, 6.07) is 6.81. The summed E-state index contributed by atoms with van der Waals surface area (Å²) in [6.07, 6.45) is -0.120. The molecule has 2 amide bonds. The fraction of sp³-hybridized carbons (Fsp3) is 0.333. The largest absolute Gasteiger partial charge is 0.370 e. The number of carbonyl (C=O) groups excluding carboxylic acids is 2. The first-order chi connectivity index (χ1) is 8.59. The zero-order valence-corrected chi connectivity index (χ0v) is 10.7. The van der Waals surface area contributed by atoms with E-state index in [4.69, 9.17) is 11.5 Å². The highest BCUT2D eigenvalue weighted by Gasteiger charge is 2.27. The molecule has 0 spiro atoms. The van der Waals surface area contributed by atoms with Gasteiger partial charge in [-0.05, 0) is 12.1 Å². The number of thioether (sulfide) groups is 1. The van der Waals surface area contributed by atoms with Gasteiger partial charge in [-0.15, -0.1) is 11.8 Å². The predicted molar refractivity (Wildman–Crippen MR) is 71.3 cm³/mol. The molecule has 0 saturated heterocycles. The van der Waals surface area contributed by atoms with Crippen molar-refractivity contribution in [1.29, 1.82) is 0 Å². The molecule has 0 aromatic heterocycles. The first kappa shape index (κ1) is 12.9. The molecule has 96 valence electrons. The summed E-state index contributed by atoms with van der Waals surface area (Å²) in [5.74, 6) is 0.0172. The zero-order valence-electron chi connectivity index (χ0n) is 9.83. The highest BCUT2D eigenvalue weighted by Crippen LogP contribution is 2.34. The molecule has 2 rings (SSSR count). The monoisotopic (exact) mass is 265 g/mol. The molecule has 0 bridgehead atoms. The Labute approximate surface area is 110 Å². The van der Waals surface area contributed by atoms with Crippen molar-refractivity contribution in [3.8, 4) is 0 Å². The number of nitrogens with two attached hydrogens (primary N) is 2. The first-order valence-electron chi connectivity index (χ1n) is 5.66. The number of anilines is 1. The van der Waals surface area contributed by atoms with Gasteiger partial charge in [-0.3, -0.25) is 9.59 Å². The second-order valence-electron chi connectivity index (χ2n) is 4.08. The Morgan fingerprint density at radius 3 is 2.83 bits per heavy atom. The number of hydrogen-bond donors (Lipinski definition) is 2. The van der Waals surface area contributed by atoms with E-state index < -0.39 is 11.9 Å². The normalized spacial score (nSPS) is 15.9. The number of carbonyl (C=O) groups is 2. The fourth-order valence-electron chi connectivity index (χ4n) is 1.90.